The molecule has 2 N–H and O–H groups in total. The fraction of sp³-hybridized carbons (Fsp3) is 0.194. The van der Waals surface area contributed by atoms with E-state index >= 15 is 0 Å². The van der Waals surface area contributed by atoms with Gasteiger partial charge in [-0.05, 0) is 42.8 Å². The molecule has 0 radical (unpaired) electrons. The molecule has 0 aliphatic carbocycles. The first kappa shape index (κ1) is 27.1. The monoisotopic (exact) mass is 587 g/mol. The Labute approximate surface area is 241 Å². The van der Waals surface area contributed by atoms with Crippen molar-refractivity contribution < 1.29 is 32.4 Å². The van der Waals surface area contributed by atoms with Crippen LogP contribution in [0.3, 0.4) is 0 Å². The summed E-state index contributed by atoms with van der Waals surface area (Å²) in [6, 6.07) is 20.3. The van der Waals surface area contributed by atoms with Gasteiger partial charge >= 0.3 is 5.97 Å². The van der Waals surface area contributed by atoms with Crippen LogP contribution in [-0.4, -0.2) is 39.2 Å². The SMILES string of the molecule is CCOC(=O)c1c(NC(=O)c2ccc3c(c2)S(=O)(=O)c2ccccc2C3=O)sc2c1CC[NH+](Cc1ccccc1)C2. The molecule has 2 aliphatic rings. The molecule has 1 unspecified atom stereocenters. The molecule has 8 nitrogen and oxygen atoms in total. The fourth-order valence-electron chi connectivity index (χ4n) is 5.48. The van der Waals surface area contributed by atoms with Gasteiger partial charge in [-0.2, -0.15) is 0 Å². The Bertz CT molecular complexity index is 1810. The fourth-order valence-corrected chi connectivity index (χ4v) is 8.46. The first-order valence-electron chi connectivity index (χ1n) is 13.3. The number of ketones is 1. The summed E-state index contributed by atoms with van der Waals surface area (Å²) < 4.78 is 32.0. The summed E-state index contributed by atoms with van der Waals surface area (Å²) in [5.41, 5.74) is 2.68. The Kier molecular flexibility index (Phi) is 7.06. The van der Waals surface area contributed by atoms with Crippen LogP contribution in [0.4, 0.5) is 5.00 Å². The zero-order valence-electron chi connectivity index (χ0n) is 22.2. The number of anilines is 1. The predicted octanol–water partition coefficient (Wildman–Crippen LogP) is 3.70. The number of carbonyl (C=O) groups excluding carboxylic acids is 3. The van der Waals surface area contributed by atoms with Crippen LogP contribution < -0.4 is 10.2 Å². The number of rotatable bonds is 6. The molecule has 41 heavy (non-hydrogen) atoms. The number of quaternary nitrogens is 1. The van der Waals surface area contributed by atoms with Crippen molar-refractivity contribution in [2.45, 2.75) is 36.2 Å². The number of nitrogens with one attached hydrogen (secondary N) is 2. The number of benzene rings is 3. The zero-order chi connectivity index (χ0) is 28.7. The van der Waals surface area contributed by atoms with Gasteiger partial charge in [0.05, 0.1) is 33.4 Å². The maximum atomic E-state index is 13.4. The highest BCUT2D eigenvalue weighted by Gasteiger charge is 2.36. The van der Waals surface area contributed by atoms with E-state index in [-0.39, 0.29) is 33.1 Å². The van der Waals surface area contributed by atoms with Gasteiger partial charge in [0.1, 0.15) is 18.1 Å². The van der Waals surface area contributed by atoms with Gasteiger partial charge in [0.15, 0.2) is 5.78 Å². The lowest BCUT2D eigenvalue weighted by Crippen LogP contribution is -3.10. The summed E-state index contributed by atoms with van der Waals surface area (Å²) in [7, 11) is -4.00. The van der Waals surface area contributed by atoms with Gasteiger partial charge < -0.3 is 15.0 Å². The molecule has 3 aromatic carbocycles. The van der Waals surface area contributed by atoms with Crippen molar-refractivity contribution in [2.75, 3.05) is 18.5 Å². The first-order valence-corrected chi connectivity index (χ1v) is 15.6. The average molecular weight is 588 g/mol. The number of esters is 1. The number of thiophene rings is 1. The van der Waals surface area contributed by atoms with E-state index in [1.54, 1.807) is 19.1 Å². The first-order chi connectivity index (χ1) is 19.8. The number of ether oxygens (including phenoxy) is 1. The molecule has 208 valence electrons. The Morgan fingerprint density at radius 2 is 1.71 bits per heavy atom. The maximum Gasteiger partial charge on any atom is 0.341 e. The predicted molar refractivity (Wildman–Crippen MR) is 153 cm³/mol. The van der Waals surface area contributed by atoms with E-state index in [9.17, 15) is 22.8 Å². The van der Waals surface area contributed by atoms with Crippen LogP contribution in [0.25, 0.3) is 0 Å². The molecular formula is C31H27N2O6S2+. The van der Waals surface area contributed by atoms with Gasteiger partial charge in [-0.15, -0.1) is 11.3 Å². The molecule has 3 heterocycles. The molecular weight excluding hydrogens is 560 g/mol. The molecule has 0 spiro atoms. The summed E-state index contributed by atoms with van der Waals surface area (Å²) >= 11 is 1.35. The molecule has 0 saturated carbocycles. The van der Waals surface area contributed by atoms with Crippen LogP contribution in [0.15, 0.2) is 82.6 Å². The van der Waals surface area contributed by atoms with Crippen LogP contribution in [-0.2, 0) is 34.1 Å². The Balaban J connectivity index is 1.31. The Hall–Kier alpha value is -4.12. The van der Waals surface area contributed by atoms with Gasteiger partial charge in [0.2, 0.25) is 9.84 Å². The van der Waals surface area contributed by atoms with E-state index in [2.05, 4.69) is 17.4 Å². The van der Waals surface area contributed by atoms with Crippen molar-refractivity contribution in [1.29, 1.82) is 0 Å². The minimum atomic E-state index is -4.00. The number of hydrogen-bond acceptors (Lipinski definition) is 7. The van der Waals surface area contributed by atoms with Gasteiger partial charge in [-0.1, -0.05) is 42.5 Å². The lowest BCUT2D eigenvalue weighted by molar-refractivity contribution is -0.929. The Morgan fingerprint density at radius 1 is 0.976 bits per heavy atom. The highest BCUT2D eigenvalue weighted by atomic mass is 32.2. The molecule has 4 aromatic rings. The van der Waals surface area contributed by atoms with Crippen LogP contribution >= 0.6 is 11.3 Å². The van der Waals surface area contributed by atoms with Crippen molar-refractivity contribution in [3.8, 4) is 0 Å². The average Bonchev–Trinajstić information content (AvgIpc) is 3.33. The van der Waals surface area contributed by atoms with E-state index in [1.165, 1.54) is 52.1 Å². The number of carbonyl (C=O) groups is 3. The Morgan fingerprint density at radius 3 is 2.49 bits per heavy atom. The second kappa shape index (κ2) is 10.7. The molecule has 1 amide bonds. The van der Waals surface area contributed by atoms with E-state index in [4.69, 9.17) is 4.74 Å². The van der Waals surface area contributed by atoms with Crippen molar-refractivity contribution in [3.63, 3.8) is 0 Å². The standard InChI is InChI=1S/C31H26N2O6S2/c1-2-39-31(36)27-21-14-15-33(17-19-8-4-3-5-9-19)18-24(21)40-30(27)32-29(35)20-12-13-23-26(16-20)41(37,38)25-11-7-6-10-22(25)28(23)34/h3-13,16H,2,14-15,17-18H2,1H3,(H,32,35)/p+1. The van der Waals surface area contributed by atoms with Crippen molar-refractivity contribution in [1.82, 2.24) is 0 Å². The third-order valence-electron chi connectivity index (χ3n) is 7.43. The molecule has 1 atom stereocenters. The van der Waals surface area contributed by atoms with Gasteiger partial charge in [-0.25, -0.2) is 13.2 Å². The van der Waals surface area contributed by atoms with Crippen molar-refractivity contribution in [2.24, 2.45) is 0 Å². The quantitative estimate of drug-likeness (QED) is 0.293. The lowest BCUT2D eigenvalue weighted by Gasteiger charge is -2.24. The van der Waals surface area contributed by atoms with E-state index in [1.807, 2.05) is 18.2 Å². The van der Waals surface area contributed by atoms with Crippen molar-refractivity contribution >= 4 is 43.8 Å². The van der Waals surface area contributed by atoms with Crippen molar-refractivity contribution in [3.05, 3.63) is 111 Å². The van der Waals surface area contributed by atoms with Crippen LogP contribution in [0, 0.1) is 0 Å². The molecule has 10 heteroatoms. The summed E-state index contributed by atoms with van der Waals surface area (Å²) in [5.74, 6) is -1.48. The normalized spacial score (nSPS) is 16.7. The van der Waals surface area contributed by atoms with Gasteiger partial charge in [-0.3, -0.25) is 9.59 Å². The number of fused-ring (bicyclic) bond motifs is 3. The third kappa shape index (κ3) is 4.88. The highest BCUT2D eigenvalue weighted by Crippen LogP contribution is 2.37. The molecule has 0 fully saturated rings. The summed E-state index contributed by atoms with van der Waals surface area (Å²) in [5, 5.41) is 3.22. The van der Waals surface area contributed by atoms with Gasteiger partial charge in [0, 0.05) is 28.7 Å². The van der Waals surface area contributed by atoms with E-state index < -0.39 is 27.5 Å². The molecule has 1 aromatic heterocycles. The molecule has 0 saturated heterocycles. The smallest absolute Gasteiger partial charge is 0.341 e. The highest BCUT2D eigenvalue weighted by molar-refractivity contribution is 7.91. The molecule has 6 rings (SSSR count). The van der Waals surface area contributed by atoms with Crippen LogP contribution in [0.5, 0.6) is 0 Å². The largest absolute Gasteiger partial charge is 0.462 e. The lowest BCUT2D eigenvalue weighted by atomic mass is 10.0. The minimum absolute atomic E-state index is 0.0283. The topological polar surface area (TPSA) is 111 Å². The number of hydrogen-bond donors (Lipinski definition) is 2. The summed E-state index contributed by atoms with van der Waals surface area (Å²) in [6.45, 7) is 4.31. The van der Waals surface area contributed by atoms with Crippen LogP contribution in [0.2, 0.25) is 0 Å². The second-order valence-corrected chi connectivity index (χ2v) is 13.0. The zero-order valence-corrected chi connectivity index (χ0v) is 23.9. The minimum Gasteiger partial charge on any atom is -0.462 e. The van der Waals surface area contributed by atoms with Crippen LogP contribution in [0.1, 0.15) is 59.6 Å². The molecule has 0 bridgehead atoms. The number of sulfone groups is 1. The number of amides is 1. The molecule has 2 aliphatic heterocycles. The van der Waals surface area contributed by atoms with Gasteiger partial charge in [0.25, 0.3) is 5.91 Å². The third-order valence-corrected chi connectivity index (χ3v) is 10.4. The maximum absolute atomic E-state index is 13.4. The van der Waals surface area contributed by atoms with E-state index in [0.29, 0.717) is 23.5 Å². The van der Waals surface area contributed by atoms with E-state index in [0.717, 1.165) is 23.5 Å². The summed E-state index contributed by atoms with van der Waals surface area (Å²) in [4.78, 5) is 41.5. The summed E-state index contributed by atoms with van der Waals surface area (Å²) in [6.07, 6.45) is 0.663. The second-order valence-electron chi connectivity index (χ2n) is 10.0.